The molecule has 2 aromatic carbocycles. The lowest BCUT2D eigenvalue weighted by atomic mass is 10.2. The summed E-state index contributed by atoms with van der Waals surface area (Å²) in [4.78, 5) is 27.7. The van der Waals surface area contributed by atoms with E-state index < -0.39 is 0 Å². The van der Waals surface area contributed by atoms with Crippen LogP contribution in [0.3, 0.4) is 0 Å². The van der Waals surface area contributed by atoms with E-state index in [1.54, 1.807) is 55.5 Å². The van der Waals surface area contributed by atoms with Crippen molar-refractivity contribution in [2.75, 3.05) is 10.6 Å². The van der Waals surface area contributed by atoms with Gasteiger partial charge in [-0.15, -0.1) is 0 Å². The van der Waals surface area contributed by atoms with E-state index in [1.165, 1.54) is 6.92 Å². The summed E-state index contributed by atoms with van der Waals surface area (Å²) in [7, 11) is 0. The molecule has 3 rings (SSSR count). The number of hydrogen-bond donors (Lipinski definition) is 2. The molecule has 0 atom stereocenters. The van der Waals surface area contributed by atoms with Gasteiger partial charge in [0.05, 0.1) is 5.56 Å². The molecule has 2 amide bonds. The van der Waals surface area contributed by atoms with Crippen molar-refractivity contribution >= 4 is 23.2 Å². The number of hydrogen-bond acceptors (Lipinski definition) is 6. The number of nitrogens with one attached hydrogen (secondary N) is 2. The summed E-state index contributed by atoms with van der Waals surface area (Å²) in [5, 5.41) is 9.23. The Morgan fingerprint density at radius 3 is 2.33 bits per heavy atom. The molecule has 0 bridgehead atoms. The van der Waals surface area contributed by atoms with Gasteiger partial charge in [-0.2, -0.15) is 4.98 Å². The lowest BCUT2D eigenvalue weighted by Crippen LogP contribution is -2.14. The molecule has 0 saturated carbocycles. The van der Waals surface area contributed by atoms with E-state index in [0.717, 1.165) is 0 Å². The number of rotatable bonds is 6. The molecule has 0 aliphatic heterocycles. The molecule has 0 saturated heterocycles. The zero-order valence-corrected chi connectivity index (χ0v) is 14.9. The predicted molar refractivity (Wildman–Crippen MR) is 98.5 cm³/mol. The first-order valence-electron chi connectivity index (χ1n) is 8.21. The Labute approximate surface area is 155 Å². The molecule has 138 valence electrons. The molecule has 1 aromatic heterocycles. The number of aromatic nitrogens is 2. The van der Waals surface area contributed by atoms with Gasteiger partial charge >= 0.3 is 0 Å². The molecule has 8 heteroatoms. The summed E-state index contributed by atoms with van der Waals surface area (Å²) in [6.45, 7) is 3.21. The zero-order valence-electron chi connectivity index (χ0n) is 14.9. The van der Waals surface area contributed by atoms with Crippen molar-refractivity contribution < 1.29 is 18.8 Å². The van der Waals surface area contributed by atoms with Gasteiger partial charge in [-0.25, -0.2) is 0 Å². The summed E-state index contributed by atoms with van der Waals surface area (Å²) >= 11 is 0. The molecule has 27 heavy (non-hydrogen) atoms. The van der Waals surface area contributed by atoms with Crippen molar-refractivity contribution in [1.29, 1.82) is 0 Å². The third-order valence-electron chi connectivity index (χ3n) is 3.52. The van der Waals surface area contributed by atoms with Gasteiger partial charge in [-0.05, 0) is 36.4 Å². The minimum absolute atomic E-state index is 0.0903. The first-order valence-corrected chi connectivity index (χ1v) is 8.21. The minimum atomic E-state index is -0.317. The molecule has 8 nitrogen and oxygen atoms in total. The highest BCUT2D eigenvalue weighted by Crippen LogP contribution is 2.21. The van der Waals surface area contributed by atoms with Gasteiger partial charge in [0.15, 0.2) is 6.61 Å². The Morgan fingerprint density at radius 1 is 1.04 bits per heavy atom. The zero-order chi connectivity index (χ0) is 19.2. The summed E-state index contributed by atoms with van der Waals surface area (Å²) < 4.78 is 10.6. The summed E-state index contributed by atoms with van der Waals surface area (Å²) in [6.07, 6.45) is 0. The number of ether oxygens (including phenoxy) is 1. The normalized spacial score (nSPS) is 10.3. The van der Waals surface area contributed by atoms with Crippen LogP contribution in [0.1, 0.15) is 29.0 Å². The van der Waals surface area contributed by atoms with Crippen LogP contribution in [0.25, 0.3) is 0 Å². The molecular formula is C19H18N4O4. The Bertz CT molecular complexity index is 950. The lowest BCUT2D eigenvalue weighted by molar-refractivity contribution is -0.114. The smallest absolute Gasteiger partial charge is 0.259 e. The number of amides is 2. The van der Waals surface area contributed by atoms with Crippen LogP contribution in [0.5, 0.6) is 5.75 Å². The monoisotopic (exact) mass is 366 g/mol. The van der Waals surface area contributed by atoms with Crippen LogP contribution in [0, 0.1) is 6.92 Å². The largest absolute Gasteiger partial charge is 0.485 e. The van der Waals surface area contributed by atoms with Gasteiger partial charge in [-0.3, -0.25) is 9.59 Å². The van der Waals surface area contributed by atoms with Crippen molar-refractivity contribution in [3.63, 3.8) is 0 Å². The van der Waals surface area contributed by atoms with Crippen LogP contribution in [0.2, 0.25) is 0 Å². The highest BCUT2D eigenvalue weighted by molar-refractivity contribution is 6.06. The summed E-state index contributed by atoms with van der Waals surface area (Å²) in [6, 6.07) is 13.7. The number of para-hydroxylation sites is 1. The average Bonchev–Trinajstić information content (AvgIpc) is 3.07. The SMILES string of the molecule is CC(=O)Nc1ccc(NC(=O)c2ccccc2OCc2noc(C)n2)cc1. The first kappa shape index (κ1) is 18.1. The molecule has 0 unspecified atom stereocenters. The van der Waals surface area contributed by atoms with E-state index in [1.807, 2.05) is 0 Å². The van der Waals surface area contributed by atoms with Crippen LogP contribution in [-0.4, -0.2) is 22.0 Å². The fourth-order valence-electron chi connectivity index (χ4n) is 2.36. The van der Waals surface area contributed by atoms with Crippen molar-refractivity contribution in [2.24, 2.45) is 0 Å². The molecule has 0 aliphatic carbocycles. The molecular weight excluding hydrogens is 348 g/mol. The highest BCUT2D eigenvalue weighted by Gasteiger charge is 2.13. The standard InChI is InChI=1S/C19H18N4O4/c1-12(24)20-14-7-9-15(10-8-14)22-19(25)16-5-3-4-6-17(16)26-11-18-21-13(2)27-23-18/h3-10H,11H2,1-2H3,(H,20,24)(H,22,25). The van der Waals surface area contributed by atoms with Gasteiger partial charge in [-0.1, -0.05) is 17.3 Å². The van der Waals surface area contributed by atoms with E-state index in [2.05, 4.69) is 20.8 Å². The van der Waals surface area contributed by atoms with Crippen molar-refractivity contribution in [1.82, 2.24) is 10.1 Å². The van der Waals surface area contributed by atoms with E-state index >= 15 is 0 Å². The maximum atomic E-state index is 12.6. The van der Waals surface area contributed by atoms with Gasteiger partial charge < -0.3 is 19.9 Å². The topological polar surface area (TPSA) is 106 Å². The Hall–Kier alpha value is -3.68. The lowest BCUT2D eigenvalue weighted by Gasteiger charge is -2.11. The van der Waals surface area contributed by atoms with Crippen molar-refractivity contribution in [2.45, 2.75) is 20.5 Å². The van der Waals surface area contributed by atoms with Crippen LogP contribution < -0.4 is 15.4 Å². The van der Waals surface area contributed by atoms with E-state index in [-0.39, 0.29) is 18.4 Å². The van der Waals surface area contributed by atoms with Gasteiger partial charge in [0.1, 0.15) is 5.75 Å². The number of carbonyl (C=O) groups excluding carboxylic acids is 2. The number of aryl methyl sites for hydroxylation is 1. The number of carbonyl (C=O) groups is 2. The van der Waals surface area contributed by atoms with Gasteiger partial charge in [0.2, 0.25) is 17.6 Å². The molecule has 3 aromatic rings. The quantitative estimate of drug-likeness (QED) is 0.694. The van der Waals surface area contributed by atoms with Crippen molar-refractivity contribution in [3.8, 4) is 5.75 Å². The van der Waals surface area contributed by atoms with Gasteiger partial charge in [0.25, 0.3) is 5.91 Å². The molecule has 0 aliphatic rings. The molecule has 1 heterocycles. The van der Waals surface area contributed by atoms with Crippen LogP contribution in [-0.2, 0) is 11.4 Å². The molecule has 0 fully saturated rings. The fourth-order valence-corrected chi connectivity index (χ4v) is 2.36. The van der Waals surface area contributed by atoms with Crippen molar-refractivity contribution in [3.05, 3.63) is 65.8 Å². The Balaban J connectivity index is 1.68. The second-order valence-electron chi connectivity index (χ2n) is 5.73. The highest BCUT2D eigenvalue weighted by atomic mass is 16.5. The predicted octanol–water partition coefficient (Wildman–Crippen LogP) is 3.17. The third kappa shape index (κ3) is 4.91. The van der Waals surface area contributed by atoms with E-state index in [9.17, 15) is 9.59 Å². The maximum Gasteiger partial charge on any atom is 0.259 e. The van der Waals surface area contributed by atoms with E-state index in [0.29, 0.717) is 34.4 Å². The number of benzene rings is 2. The molecule has 0 spiro atoms. The second-order valence-corrected chi connectivity index (χ2v) is 5.73. The second kappa shape index (κ2) is 8.13. The Kier molecular flexibility index (Phi) is 5.46. The molecule has 0 radical (unpaired) electrons. The van der Waals surface area contributed by atoms with Crippen LogP contribution in [0.4, 0.5) is 11.4 Å². The third-order valence-corrected chi connectivity index (χ3v) is 3.52. The van der Waals surface area contributed by atoms with E-state index in [4.69, 9.17) is 9.26 Å². The van der Waals surface area contributed by atoms with Crippen LogP contribution in [0.15, 0.2) is 53.1 Å². The minimum Gasteiger partial charge on any atom is -0.485 e. The summed E-state index contributed by atoms with van der Waals surface area (Å²) in [5.74, 6) is 0.780. The first-order chi connectivity index (χ1) is 13.0. The Morgan fingerprint density at radius 2 is 1.70 bits per heavy atom. The maximum absolute atomic E-state index is 12.6. The van der Waals surface area contributed by atoms with Crippen LogP contribution >= 0.6 is 0 Å². The fraction of sp³-hybridized carbons (Fsp3) is 0.158. The molecule has 2 N–H and O–H groups in total. The number of nitrogens with zero attached hydrogens (tertiary/aromatic N) is 2. The summed E-state index contributed by atoms with van der Waals surface area (Å²) in [5.41, 5.74) is 1.63. The average molecular weight is 366 g/mol. The number of anilines is 2. The van der Waals surface area contributed by atoms with Gasteiger partial charge in [0, 0.05) is 25.2 Å².